The maximum atomic E-state index is 5.72. The van der Waals surface area contributed by atoms with Crippen LogP contribution in [0, 0.1) is 0 Å². The van der Waals surface area contributed by atoms with Gasteiger partial charge in [0.25, 0.3) is 0 Å². The van der Waals surface area contributed by atoms with E-state index in [0.29, 0.717) is 4.99 Å². The van der Waals surface area contributed by atoms with Crippen molar-refractivity contribution in [3.63, 3.8) is 0 Å². The normalized spacial score (nSPS) is 10.2. The van der Waals surface area contributed by atoms with E-state index in [1.54, 1.807) is 11.3 Å². The number of thiazole rings is 1. The third-order valence-corrected chi connectivity index (χ3v) is 3.42. The van der Waals surface area contributed by atoms with E-state index in [2.05, 4.69) is 9.88 Å². The highest BCUT2D eigenvalue weighted by Crippen LogP contribution is 2.21. The summed E-state index contributed by atoms with van der Waals surface area (Å²) < 4.78 is 0. The van der Waals surface area contributed by atoms with Crippen LogP contribution in [0.4, 0.5) is 5.69 Å². The van der Waals surface area contributed by atoms with E-state index in [-0.39, 0.29) is 0 Å². The standard InChI is InChI=1S/C12H13N3S2/c1-15(8-11-14-6-7-17-11)10-5-3-2-4-9(10)12(13)16/h2-7H,8H2,1H3,(H2,13,16). The molecule has 0 bridgehead atoms. The van der Waals surface area contributed by atoms with Gasteiger partial charge in [0.05, 0.1) is 6.54 Å². The molecule has 0 spiro atoms. The van der Waals surface area contributed by atoms with Crippen LogP contribution in [0.5, 0.6) is 0 Å². The molecule has 0 saturated heterocycles. The van der Waals surface area contributed by atoms with Crippen LogP contribution in [-0.4, -0.2) is 17.0 Å². The Bertz CT molecular complexity index is 508. The molecule has 1 heterocycles. The molecule has 0 fully saturated rings. The molecule has 3 nitrogen and oxygen atoms in total. The van der Waals surface area contributed by atoms with Crippen LogP contribution in [0.15, 0.2) is 35.8 Å². The zero-order valence-corrected chi connectivity index (χ0v) is 11.1. The minimum Gasteiger partial charge on any atom is -0.389 e. The highest BCUT2D eigenvalue weighted by atomic mass is 32.1. The topological polar surface area (TPSA) is 42.2 Å². The summed E-state index contributed by atoms with van der Waals surface area (Å²) in [5, 5.41) is 3.05. The second-order valence-electron chi connectivity index (χ2n) is 3.66. The van der Waals surface area contributed by atoms with E-state index < -0.39 is 0 Å². The van der Waals surface area contributed by atoms with Gasteiger partial charge >= 0.3 is 0 Å². The molecule has 17 heavy (non-hydrogen) atoms. The fraction of sp³-hybridized carbons (Fsp3) is 0.167. The summed E-state index contributed by atoms with van der Waals surface area (Å²) in [5.74, 6) is 0. The van der Waals surface area contributed by atoms with Gasteiger partial charge in [0.15, 0.2) is 0 Å². The largest absolute Gasteiger partial charge is 0.389 e. The Kier molecular flexibility index (Phi) is 3.71. The fourth-order valence-corrected chi connectivity index (χ4v) is 2.48. The Morgan fingerprint density at radius 2 is 2.24 bits per heavy atom. The number of thiocarbonyl (C=S) groups is 1. The third kappa shape index (κ3) is 2.81. The maximum absolute atomic E-state index is 5.72. The van der Waals surface area contributed by atoms with Crippen molar-refractivity contribution >= 4 is 34.2 Å². The van der Waals surface area contributed by atoms with Gasteiger partial charge in [-0.25, -0.2) is 4.98 Å². The van der Waals surface area contributed by atoms with Crippen molar-refractivity contribution in [3.8, 4) is 0 Å². The van der Waals surface area contributed by atoms with E-state index in [4.69, 9.17) is 18.0 Å². The van der Waals surface area contributed by atoms with Crippen LogP contribution in [-0.2, 0) is 6.54 Å². The molecule has 0 aliphatic rings. The van der Waals surface area contributed by atoms with Crippen molar-refractivity contribution in [2.75, 3.05) is 11.9 Å². The molecule has 0 amide bonds. The lowest BCUT2D eigenvalue weighted by Gasteiger charge is -2.20. The minimum atomic E-state index is 0.423. The second-order valence-corrected chi connectivity index (χ2v) is 5.08. The first-order valence-corrected chi connectivity index (χ1v) is 6.45. The molecular weight excluding hydrogens is 250 g/mol. The molecule has 0 atom stereocenters. The van der Waals surface area contributed by atoms with Crippen molar-refractivity contribution in [1.29, 1.82) is 0 Å². The first-order chi connectivity index (χ1) is 8.18. The molecule has 0 saturated carbocycles. The second kappa shape index (κ2) is 5.25. The summed E-state index contributed by atoms with van der Waals surface area (Å²) in [6.45, 7) is 0.761. The summed E-state index contributed by atoms with van der Waals surface area (Å²) in [6, 6.07) is 7.88. The van der Waals surface area contributed by atoms with Gasteiger partial charge in [-0.05, 0) is 12.1 Å². The molecule has 1 aromatic heterocycles. The summed E-state index contributed by atoms with van der Waals surface area (Å²) in [4.78, 5) is 6.80. The Morgan fingerprint density at radius 1 is 1.47 bits per heavy atom. The number of nitrogens with two attached hydrogens (primary N) is 1. The lowest BCUT2D eigenvalue weighted by molar-refractivity contribution is 0.909. The highest BCUT2D eigenvalue weighted by molar-refractivity contribution is 7.80. The zero-order valence-electron chi connectivity index (χ0n) is 9.46. The fourth-order valence-electron chi connectivity index (χ4n) is 1.63. The Labute approximate surface area is 110 Å². The van der Waals surface area contributed by atoms with Crippen LogP contribution >= 0.6 is 23.6 Å². The van der Waals surface area contributed by atoms with Crippen molar-refractivity contribution in [1.82, 2.24) is 4.98 Å². The van der Waals surface area contributed by atoms with E-state index in [0.717, 1.165) is 22.8 Å². The molecule has 2 N–H and O–H groups in total. The number of benzene rings is 1. The molecule has 0 aliphatic heterocycles. The minimum absolute atomic E-state index is 0.423. The van der Waals surface area contributed by atoms with Crippen LogP contribution in [0.1, 0.15) is 10.6 Å². The Balaban J connectivity index is 2.24. The zero-order chi connectivity index (χ0) is 12.3. The molecule has 1 aromatic carbocycles. The molecule has 2 rings (SSSR count). The number of nitrogens with zero attached hydrogens (tertiary/aromatic N) is 2. The summed E-state index contributed by atoms with van der Waals surface area (Å²) in [7, 11) is 2.01. The maximum Gasteiger partial charge on any atom is 0.112 e. The van der Waals surface area contributed by atoms with Gasteiger partial charge in [-0.15, -0.1) is 11.3 Å². The van der Waals surface area contributed by atoms with E-state index in [1.807, 2.05) is 42.9 Å². The molecule has 0 radical (unpaired) electrons. The van der Waals surface area contributed by atoms with Crippen LogP contribution in [0.25, 0.3) is 0 Å². The quantitative estimate of drug-likeness (QED) is 0.860. The lowest BCUT2D eigenvalue weighted by atomic mass is 10.1. The van der Waals surface area contributed by atoms with E-state index in [9.17, 15) is 0 Å². The van der Waals surface area contributed by atoms with Crippen LogP contribution in [0.2, 0.25) is 0 Å². The van der Waals surface area contributed by atoms with Crippen molar-refractivity contribution < 1.29 is 0 Å². The van der Waals surface area contributed by atoms with Crippen molar-refractivity contribution in [3.05, 3.63) is 46.4 Å². The molecule has 2 aromatic rings. The number of para-hydroxylation sites is 1. The molecular formula is C12H13N3S2. The Morgan fingerprint density at radius 3 is 2.88 bits per heavy atom. The molecule has 0 unspecified atom stereocenters. The lowest BCUT2D eigenvalue weighted by Crippen LogP contribution is -2.21. The predicted octanol–water partition coefficient (Wildman–Crippen LogP) is 2.41. The van der Waals surface area contributed by atoms with Gasteiger partial charge in [-0.2, -0.15) is 0 Å². The first-order valence-electron chi connectivity index (χ1n) is 5.17. The van der Waals surface area contributed by atoms with Crippen LogP contribution in [0.3, 0.4) is 0 Å². The molecule has 88 valence electrons. The highest BCUT2D eigenvalue weighted by Gasteiger charge is 2.10. The number of anilines is 1. The average molecular weight is 263 g/mol. The van der Waals surface area contributed by atoms with Gasteiger partial charge in [0.2, 0.25) is 0 Å². The van der Waals surface area contributed by atoms with Crippen LogP contribution < -0.4 is 10.6 Å². The predicted molar refractivity (Wildman–Crippen MR) is 76.6 cm³/mol. The Hall–Kier alpha value is -1.46. The molecule has 0 aliphatic carbocycles. The van der Waals surface area contributed by atoms with E-state index >= 15 is 0 Å². The van der Waals surface area contributed by atoms with Crippen molar-refractivity contribution in [2.45, 2.75) is 6.54 Å². The summed E-state index contributed by atoms with van der Waals surface area (Å²) >= 11 is 6.70. The van der Waals surface area contributed by atoms with Gasteiger partial charge < -0.3 is 10.6 Å². The van der Waals surface area contributed by atoms with Gasteiger partial charge in [0, 0.05) is 29.9 Å². The monoisotopic (exact) mass is 263 g/mol. The smallest absolute Gasteiger partial charge is 0.112 e. The first kappa shape index (κ1) is 12.0. The summed E-state index contributed by atoms with van der Waals surface area (Å²) in [6.07, 6.45) is 1.81. The summed E-state index contributed by atoms with van der Waals surface area (Å²) in [5.41, 5.74) is 7.66. The van der Waals surface area contributed by atoms with Gasteiger partial charge in [-0.3, -0.25) is 0 Å². The SMILES string of the molecule is CN(Cc1nccs1)c1ccccc1C(N)=S. The third-order valence-electron chi connectivity index (χ3n) is 2.44. The molecule has 5 heteroatoms. The number of aromatic nitrogens is 1. The number of hydrogen-bond donors (Lipinski definition) is 1. The van der Waals surface area contributed by atoms with Gasteiger partial charge in [-0.1, -0.05) is 24.4 Å². The average Bonchev–Trinajstić information content (AvgIpc) is 2.81. The van der Waals surface area contributed by atoms with E-state index in [1.165, 1.54) is 0 Å². The van der Waals surface area contributed by atoms with Gasteiger partial charge in [0.1, 0.15) is 10.00 Å². The number of hydrogen-bond acceptors (Lipinski definition) is 4. The number of rotatable bonds is 4. The van der Waals surface area contributed by atoms with Crippen molar-refractivity contribution in [2.24, 2.45) is 5.73 Å².